The number of nitrogens with one attached hydrogen (secondary N) is 1. The molecule has 0 fully saturated rings. The van der Waals surface area contributed by atoms with Gasteiger partial charge in [0.2, 0.25) is 0 Å². The molecule has 3 rings (SSSR count). The fourth-order valence-electron chi connectivity index (χ4n) is 3.45. The van der Waals surface area contributed by atoms with Crippen LogP contribution in [-0.2, 0) is 26.1 Å². The number of aryl methyl sites for hydroxylation is 2. The van der Waals surface area contributed by atoms with E-state index in [4.69, 9.17) is 0 Å². The first-order valence-corrected chi connectivity index (χ1v) is 9.99. The van der Waals surface area contributed by atoms with Crippen LogP contribution >= 0.6 is 24.0 Å². The highest BCUT2D eigenvalue weighted by atomic mass is 127. The first kappa shape index (κ1) is 23.4. The Labute approximate surface area is 188 Å². The standard InChI is InChI=1S/C20H29FN6O.HI/c1-3-22-19(25(2)15-16-8-6-9-17(21)14-16)23-11-7-13-27-20(28)26-12-5-4-10-18(26)24-27;/h6,8-9,14H,3-5,7,10-13,15H2,1-2H3,(H,22,23);1H. The monoisotopic (exact) mass is 516 g/mol. The first-order valence-electron chi connectivity index (χ1n) is 9.99. The molecule has 0 radical (unpaired) electrons. The molecule has 0 unspecified atom stereocenters. The molecule has 0 saturated carbocycles. The summed E-state index contributed by atoms with van der Waals surface area (Å²) < 4.78 is 16.8. The lowest BCUT2D eigenvalue weighted by Crippen LogP contribution is -2.38. The van der Waals surface area contributed by atoms with Crippen LogP contribution in [0.5, 0.6) is 0 Å². The van der Waals surface area contributed by atoms with Gasteiger partial charge in [0.05, 0.1) is 0 Å². The molecular weight excluding hydrogens is 486 g/mol. The van der Waals surface area contributed by atoms with E-state index in [1.807, 2.05) is 24.9 Å². The summed E-state index contributed by atoms with van der Waals surface area (Å²) in [6.45, 7) is 5.26. The molecule has 0 spiro atoms. The van der Waals surface area contributed by atoms with Gasteiger partial charge in [-0.2, -0.15) is 5.10 Å². The van der Waals surface area contributed by atoms with Crippen LogP contribution in [0.25, 0.3) is 0 Å². The predicted molar refractivity (Wildman–Crippen MR) is 123 cm³/mol. The minimum atomic E-state index is -0.235. The van der Waals surface area contributed by atoms with Crippen LogP contribution in [0.4, 0.5) is 4.39 Å². The van der Waals surface area contributed by atoms with E-state index in [1.165, 1.54) is 12.1 Å². The van der Waals surface area contributed by atoms with Gasteiger partial charge in [-0.05, 0) is 43.9 Å². The summed E-state index contributed by atoms with van der Waals surface area (Å²) in [5, 5.41) is 7.72. The Kier molecular flexibility index (Phi) is 9.12. The van der Waals surface area contributed by atoms with Gasteiger partial charge in [0.1, 0.15) is 11.6 Å². The molecule has 0 amide bonds. The van der Waals surface area contributed by atoms with Gasteiger partial charge in [0.15, 0.2) is 5.96 Å². The summed E-state index contributed by atoms with van der Waals surface area (Å²) >= 11 is 0. The maximum absolute atomic E-state index is 13.4. The Morgan fingerprint density at radius 1 is 1.38 bits per heavy atom. The molecule has 1 aromatic carbocycles. The summed E-state index contributed by atoms with van der Waals surface area (Å²) in [6.07, 6.45) is 3.77. The topological polar surface area (TPSA) is 67.5 Å². The van der Waals surface area contributed by atoms with Crippen molar-refractivity contribution in [3.05, 3.63) is 52.0 Å². The van der Waals surface area contributed by atoms with E-state index in [2.05, 4.69) is 15.4 Å². The lowest BCUT2D eigenvalue weighted by Gasteiger charge is -2.22. The van der Waals surface area contributed by atoms with Gasteiger partial charge in [0.25, 0.3) is 0 Å². The average molecular weight is 516 g/mol. The van der Waals surface area contributed by atoms with Crippen LogP contribution in [-0.4, -0.2) is 45.3 Å². The highest BCUT2D eigenvalue weighted by molar-refractivity contribution is 14.0. The largest absolute Gasteiger partial charge is 0.357 e. The van der Waals surface area contributed by atoms with Crippen molar-refractivity contribution in [2.24, 2.45) is 4.99 Å². The molecule has 160 valence electrons. The number of hydrogen-bond acceptors (Lipinski definition) is 3. The van der Waals surface area contributed by atoms with Gasteiger partial charge < -0.3 is 10.2 Å². The molecule has 0 bridgehead atoms. The van der Waals surface area contributed by atoms with E-state index in [0.717, 1.165) is 56.1 Å². The van der Waals surface area contributed by atoms with E-state index in [-0.39, 0.29) is 35.5 Å². The zero-order chi connectivity index (χ0) is 19.9. The first-order chi connectivity index (χ1) is 13.6. The second-order valence-corrected chi connectivity index (χ2v) is 7.11. The summed E-state index contributed by atoms with van der Waals surface area (Å²) in [6, 6.07) is 6.59. The van der Waals surface area contributed by atoms with Gasteiger partial charge in [0, 0.05) is 46.2 Å². The van der Waals surface area contributed by atoms with E-state index in [9.17, 15) is 9.18 Å². The Balaban J connectivity index is 0.00000300. The van der Waals surface area contributed by atoms with Crippen molar-refractivity contribution in [3.8, 4) is 0 Å². The fraction of sp³-hybridized carbons (Fsp3) is 0.550. The van der Waals surface area contributed by atoms with Crippen molar-refractivity contribution in [2.75, 3.05) is 20.1 Å². The number of aromatic nitrogens is 3. The number of hydrogen-bond donors (Lipinski definition) is 1. The highest BCUT2D eigenvalue weighted by Crippen LogP contribution is 2.09. The maximum Gasteiger partial charge on any atom is 0.345 e. The fourth-order valence-corrected chi connectivity index (χ4v) is 3.45. The molecule has 1 aromatic heterocycles. The minimum absolute atomic E-state index is 0. The second-order valence-electron chi connectivity index (χ2n) is 7.11. The summed E-state index contributed by atoms with van der Waals surface area (Å²) in [5.74, 6) is 1.44. The number of halogens is 2. The smallest absolute Gasteiger partial charge is 0.345 e. The molecular formula is C20H30FIN6O. The second kappa shape index (κ2) is 11.3. The molecule has 0 atom stereocenters. The lowest BCUT2D eigenvalue weighted by molar-refractivity contribution is 0.472. The van der Waals surface area contributed by atoms with E-state index < -0.39 is 0 Å². The summed E-state index contributed by atoms with van der Waals surface area (Å²) in [5.41, 5.74) is 0.886. The van der Waals surface area contributed by atoms with Gasteiger partial charge in [-0.25, -0.2) is 13.9 Å². The van der Waals surface area contributed by atoms with Gasteiger partial charge in [-0.1, -0.05) is 12.1 Å². The Morgan fingerprint density at radius 2 is 2.21 bits per heavy atom. The molecule has 1 aliphatic rings. The SMILES string of the molecule is CCNC(=NCCCn1nc2n(c1=O)CCCC2)N(C)Cc1cccc(F)c1.I. The van der Waals surface area contributed by atoms with Crippen molar-refractivity contribution in [1.29, 1.82) is 0 Å². The Morgan fingerprint density at radius 3 is 2.93 bits per heavy atom. The van der Waals surface area contributed by atoms with Crippen molar-refractivity contribution >= 4 is 29.9 Å². The van der Waals surface area contributed by atoms with Crippen LogP contribution in [0.3, 0.4) is 0 Å². The van der Waals surface area contributed by atoms with Crippen LogP contribution in [0, 0.1) is 5.82 Å². The van der Waals surface area contributed by atoms with Crippen LogP contribution in [0.15, 0.2) is 34.1 Å². The van der Waals surface area contributed by atoms with Crippen molar-refractivity contribution in [1.82, 2.24) is 24.6 Å². The third-order valence-electron chi connectivity index (χ3n) is 4.83. The van der Waals surface area contributed by atoms with Crippen molar-refractivity contribution < 1.29 is 4.39 Å². The molecule has 2 heterocycles. The molecule has 0 aliphatic carbocycles. The summed E-state index contributed by atoms with van der Waals surface area (Å²) in [4.78, 5) is 19.0. The number of guanidine groups is 1. The van der Waals surface area contributed by atoms with Crippen molar-refractivity contribution in [3.63, 3.8) is 0 Å². The maximum atomic E-state index is 13.4. The van der Waals surface area contributed by atoms with E-state index in [1.54, 1.807) is 15.3 Å². The van der Waals surface area contributed by atoms with E-state index in [0.29, 0.717) is 19.6 Å². The minimum Gasteiger partial charge on any atom is -0.357 e. The molecule has 1 aliphatic heterocycles. The average Bonchev–Trinajstić information content (AvgIpc) is 3.00. The molecule has 2 aromatic rings. The molecule has 0 saturated heterocycles. The zero-order valence-electron chi connectivity index (χ0n) is 17.1. The normalized spacial score (nSPS) is 13.6. The number of aliphatic imine (C=N–C) groups is 1. The van der Waals surface area contributed by atoms with Crippen LogP contribution in [0.2, 0.25) is 0 Å². The zero-order valence-corrected chi connectivity index (χ0v) is 19.4. The number of fused-ring (bicyclic) bond motifs is 1. The number of rotatable bonds is 7. The third kappa shape index (κ3) is 6.28. The third-order valence-corrected chi connectivity index (χ3v) is 4.83. The lowest BCUT2D eigenvalue weighted by atomic mass is 10.2. The summed E-state index contributed by atoms with van der Waals surface area (Å²) in [7, 11) is 1.93. The van der Waals surface area contributed by atoms with Gasteiger partial charge >= 0.3 is 5.69 Å². The molecule has 9 heteroatoms. The van der Waals surface area contributed by atoms with Crippen LogP contribution in [0.1, 0.15) is 37.6 Å². The van der Waals surface area contributed by atoms with Crippen LogP contribution < -0.4 is 11.0 Å². The molecule has 29 heavy (non-hydrogen) atoms. The predicted octanol–water partition coefficient (Wildman–Crippen LogP) is 2.63. The quantitative estimate of drug-likeness (QED) is 0.266. The van der Waals surface area contributed by atoms with E-state index >= 15 is 0 Å². The molecule has 7 nitrogen and oxygen atoms in total. The number of benzene rings is 1. The Bertz CT molecular complexity index is 878. The Hall–Kier alpha value is -1.91. The highest BCUT2D eigenvalue weighted by Gasteiger charge is 2.16. The number of nitrogens with zero attached hydrogens (tertiary/aromatic N) is 5. The van der Waals surface area contributed by atoms with Gasteiger partial charge in [-0.3, -0.25) is 9.56 Å². The molecule has 1 N–H and O–H groups in total. The van der Waals surface area contributed by atoms with Crippen molar-refractivity contribution in [2.45, 2.75) is 52.2 Å². The van der Waals surface area contributed by atoms with Gasteiger partial charge in [-0.15, -0.1) is 24.0 Å².